The summed E-state index contributed by atoms with van der Waals surface area (Å²) < 4.78 is 17.2. The lowest BCUT2D eigenvalue weighted by atomic mass is 9.78. The molecule has 142 valence electrons. The largest absolute Gasteiger partial charge is 0.493 e. The predicted octanol–water partition coefficient (Wildman–Crippen LogP) is 3.71. The van der Waals surface area contributed by atoms with E-state index in [0.29, 0.717) is 23.0 Å². The van der Waals surface area contributed by atoms with Gasteiger partial charge in [0.25, 0.3) is 0 Å². The van der Waals surface area contributed by atoms with Gasteiger partial charge < -0.3 is 19.9 Å². The molecule has 0 saturated carbocycles. The van der Waals surface area contributed by atoms with Crippen LogP contribution in [0.3, 0.4) is 0 Å². The third kappa shape index (κ3) is 3.12. The molecule has 2 aromatic rings. The number of allylic oxidation sites excluding steroid dienone is 1. The lowest BCUT2D eigenvalue weighted by Gasteiger charge is -2.28. The van der Waals surface area contributed by atoms with Gasteiger partial charge in [-0.15, -0.1) is 5.10 Å². The first-order chi connectivity index (χ1) is 12.7. The smallest absolute Gasteiger partial charge is 0.244 e. The van der Waals surface area contributed by atoms with Crippen molar-refractivity contribution in [2.75, 3.05) is 14.2 Å². The molecule has 8 heteroatoms. The summed E-state index contributed by atoms with van der Waals surface area (Å²) in [4.78, 5) is 0. The van der Waals surface area contributed by atoms with Gasteiger partial charge in [0.05, 0.1) is 25.7 Å². The second-order valence-electron chi connectivity index (χ2n) is 7.22. The average Bonchev–Trinajstić information content (AvgIpc) is 3.04. The molecule has 1 atom stereocenters. The Bertz CT molecular complexity index is 967. The van der Waals surface area contributed by atoms with Gasteiger partial charge in [-0.05, 0) is 17.7 Å². The summed E-state index contributed by atoms with van der Waals surface area (Å²) in [6.45, 7) is 6.19. The molecular weight excluding hydrogens is 412 g/mol. The van der Waals surface area contributed by atoms with Crippen molar-refractivity contribution in [2.24, 2.45) is 5.73 Å². The summed E-state index contributed by atoms with van der Waals surface area (Å²) in [6, 6.07) is 5.85. The molecule has 1 aliphatic rings. The van der Waals surface area contributed by atoms with Gasteiger partial charge in [-0.25, -0.2) is 0 Å². The summed E-state index contributed by atoms with van der Waals surface area (Å²) in [5.74, 6) is 1.10. The van der Waals surface area contributed by atoms with Gasteiger partial charge in [-0.2, -0.15) is 5.26 Å². The Balaban J connectivity index is 2.32. The third-order valence-corrected chi connectivity index (χ3v) is 5.19. The van der Waals surface area contributed by atoms with Crippen molar-refractivity contribution in [2.45, 2.75) is 32.1 Å². The molecule has 0 fully saturated rings. The van der Waals surface area contributed by atoms with Gasteiger partial charge in [-0.1, -0.05) is 36.7 Å². The molecule has 0 unspecified atom stereocenters. The average molecular weight is 433 g/mol. The number of hydrogen-bond donors (Lipinski definition) is 2. The van der Waals surface area contributed by atoms with E-state index in [0.717, 1.165) is 21.3 Å². The first-order valence-electron chi connectivity index (χ1n) is 8.30. The van der Waals surface area contributed by atoms with E-state index in [2.05, 4.69) is 53.0 Å². The van der Waals surface area contributed by atoms with Crippen LogP contribution in [0.15, 0.2) is 28.1 Å². The van der Waals surface area contributed by atoms with Crippen LogP contribution in [0, 0.1) is 11.3 Å². The van der Waals surface area contributed by atoms with Crippen LogP contribution in [0.4, 0.5) is 0 Å². The number of nitrogens with zero attached hydrogens (tertiary/aromatic N) is 2. The molecule has 0 bridgehead atoms. The lowest BCUT2D eigenvalue weighted by Crippen LogP contribution is -2.24. The van der Waals surface area contributed by atoms with Crippen LogP contribution in [-0.2, 0) is 5.41 Å². The maximum atomic E-state index is 9.80. The molecule has 0 aliphatic carbocycles. The fraction of sp³-hybridized carbons (Fsp3) is 0.368. The summed E-state index contributed by atoms with van der Waals surface area (Å²) in [6.07, 6.45) is 0. The summed E-state index contributed by atoms with van der Waals surface area (Å²) >= 11 is 3.60. The molecular formula is C19H21BrN4O3. The lowest BCUT2D eigenvalue weighted by molar-refractivity contribution is 0.353. The van der Waals surface area contributed by atoms with Crippen molar-refractivity contribution in [3.63, 3.8) is 0 Å². The van der Waals surface area contributed by atoms with Crippen LogP contribution >= 0.6 is 15.9 Å². The van der Waals surface area contributed by atoms with E-state index in [1.165, 1.54) is 0 Å². The van der Waals surface area contributed by atoms with Crippen LogP contribution in [0.25, 0.3) is 0 Å². The number of halogens is 1. The molecule has 1 aromatic carbocycles. The molecule has 7 nitrogen and oxygen atoms in total. The maximum Gasteiger partial charge on any atom is 0.244 e. The first-order valence-corrected chi connectivity index (χ1v) is 9.10. The number of nitrogens with one attached hydrogen (secondary N) is 1. The zero-order chi connectivity index (χ0) is 19.9. The van der Waals surface area contributed by atoms with Crippen molar-refractivity contribution in [1.29, 1.82) is 5.26 Å². The molecule has 1 aliphatic heterocycles. The Hall–Kier alpha value is -2.66. The molecule has 2 heterocycles. The minimum absolute atomic E-state index is 0.0450. The highest BCUT2D eigenvalue weighted by molar-refractivity contribution is 9.10. The minimum atomic E-state index is -0.457. The number of hydrogen-bond acceptors (Lipinski definition) is 6. The molecule has 0 saturated heterocycles. The summed E-state index contributed by atoms with van der Waals surface area (Å²) in [7, 11) is 3.14. The number of fused-ring (bicyclic) bond motifs is 1. The van der Waals surface area contributed by atoms with Crippen LogP contribution in [-0.4, -0.2) is 24.4 Å². The standard InChI is InChI=1S/C19H21BrN4O3/c1-19(2,3)16-15-14(10(8-21)17(22)27-18(15)24-23-16)9-6-12(25-4)13(26-5)7-11(9)20/h6-7,14H,22H2,1-5H3,(H,23,24)/t14-/m1/s1. The summed E-state index contributed by atoms with van der Waals surface area (Å²) in [5, 5.41) is 17.1. The topological polar surface area (TPSA) is 106 Å². The van der Waals surface area contributed by atoms with Gasteiger partial charge in [0.1, 0.15) is 11.6 Å². The number of aromatic amines is 1. The minimum Gasteiger partial charge on any atom is -0.493 e. The van der Waals surface area contributed by atoms with E-state index >= 15 is 0 Å². The highest BCUT2D eigenvalue weighted by Crippen LogP contribution is 2.49. The normalized spacial score (nSPS) is 16.4. The maximum absolute atomic E-state index is 9.80. The van der Waals surface area contributed by atoms with Crippen LogP contribution < -0.4 is 19.9 Å². The highest BCUT2D eigenvalue weighted by atomic mass is 79.9. The molecule has 3 N–H and O–H groups in total. The number of ether oxygens (including phenoxy) is 3. The van der Waals surface area contributed by atoms with Gasteiger partial charge in [0.15, 0.2) is 11.5 Å². The van der Waals surface area contributed by atoms with E-state index in [9.17, 15) is 5.26 Å². The number of methoxy groups -OCH3 is 2. The van der Waals surface area contributed by atoms with E-state index in [-0.39, 0.29) is 11.3 Å². The number of rotatable bonds is 3. The second-order valence-corrected chi connectivity index (χ2v) is 8.08. The Morgan fingerprint density at radius 3 is 2.44 bits per heavy atom. The molecule has 3 rings (SSSR count). The summed E-state index contributed by atoms with van der Waals surface area (Å²) in [5.41, 5.74) is 8.60. The van der Waals surface area contributed by atoms with Gasteiger partial charge in [0, 0.05) is 15.6 Å². The quantitative estimate of drug-likeness (QED) is 0.765. The van der Waals surface area contributed by atoms with Crippen LogP contribution in [0.2, 0.25) is 0 Å². The predicted molar refractivity (Wildman–Crippen MR) is 104 cm³/mol. The van der Waals surface area contributed by atoms with Crippen LogP contribution in [0.1, 0.15) is 43.5 Å². The second kappa shape index (κ2) is 6.82. The molecule has 27 heavy (non-hydrogen) atoms. The number of nitrogens with two attached hydrogens (primary N) is 1. The molecule has 0 amide bonds. The van der Waals surface area contributed by atoms with E-state index in [1.807, 2.05) is 12.1 Å². The van der Waals surface area contributed by atoms with E-state index < -0.39 is 5.92 Å². The highest BCUT2D eigenvalue weighted by Gasteiger charge is 2.39. The van der Waals surface area contributed by atoms with Gasteiger partial charge in [0.2, 0.25) is 11.8 Å². The number of H-pyrrole nitrogens is 1. The Labute approximate surface area is 166 Å². The van der Waals surface area contributed by atoms with Crippen molar-refractivity contribution in [3.05, 3.63) is 44.9 Å². The van der Waals surface area contributed by atoms with Crippen LogP contribution in [0.5, 0.6) is 17.4 Å². The van der Waals surface area contributed by atoms with Gasteiger partial charge >= 0.3 is 0 Å². The third-order valence-electron chi connectivity index (χ3n) is 4.50. The van der Waals surface area contributed by atoms with Crippen molar-refractivity contribution in [1.82, 2.24) is 10.2 Å². The van der Waals surface area contributed by atoms with Gasteiger partial charge in [-0.3, -0.25) is 5.10 Å². The Kier molecular flexibility index (Phi) is 4.82. The first kappa shape index (κ1) is 19.1. The van der Waals surface area contributed by atoms with Crippen molar-refractivity contribution < 1.29 is 14.2 Å². The number of benzene rings is 1. The Morgan fingerprint density at radius 1 is 1.26 bits per heavy atom. The zero-order valence-electron chi connectivity index (χ0n) is 15.8. The molecule has 1 aromatic heterocycles. The Morgan fingerprint density at radius 2 is 1.89 bits per heavy atom. The SMILES string of the molecule is COc1cc(Br)c([C@@H]2C(C#N)=C(N)Oc3n[nH]c(C(C)(C)C)c32)cc1OC. The van der Waals surface area contributed by atoms with E-state index in [1.54, 1.807) is 14.2 Å². The number of nitriles is 1. The van der Waals surface area contributed by atoms with Crippen molar-refractivity contribution >= 4 is 15.9 Å². The molecule has 0 radical (unpaired) electrons. The van der Waals surface area contributed by atoms with Crippen molar-refractivity contribution in [3.8, 4) is 23.4 Å². The molecule has 0 spiro atoms. The monoisotopic (exact) mass is 432 g/mol. The fourth-order valence-electron chi connectivity index (χ4n) is 3.22. The zero-order valence-corrected chi connectivity index (χ0v) is 17.4. The fourth-order valence-corrected chi connectivity index (χ4v) is 3.77. The van der Waals surface area contributed by atoms with E-state index in [4.69, 9.17) is 19.9 Å². The number of aromatic nitrogens is 2.